The molecule has 3 heterocycles. The molecule has 2 unspecified atom stereocenters. The van der Waals surface area contributed by atoms with E-state index in [0.29, 0.717) is 0 Å². The Hall–Kier alpha value is -6.91. The van der Waals surface area contributed by atoms with Crippen molar-refractivity contribution in [2.75, 3.05) is 0 Å². The summed E-state index contributed by atoms with van der Waals surface area (Å²) in [4.78, 5) is 5.36. The molecular weight excluding hydrogens is 705 g/mol. The normalized spacial score (nSPS) is 18.8. The smallest absolute Gasteiger partial charge is 0.130 e. The van der Waals surface area contributed by atoms with Crippen LogP contribution in [0, 0.1) is 0 Å². The summed E-state index contributed by atoms with van der Waals surface area (Å²) < 4.78 is 5.06. The molecule has 4 aliphatic rings. The number of nitrogens with zero attached hydrogens (tertiary/aromatic N) is 3. The molecule has 0 saturated carbocycles. The average Bonchev–Trinajstić information content (AvgIpc) is 3.82. The quantitative estimate of drug-likeness (QED) is 0.187. The molecule has 2 atom stereocenters. The van der Waals surface area contributed by atoms with Crippen molar-refractivity contribution in [3.63, 3.8) is 0 Å². The van der Waals surface area contributed by atoms with Crippen LogP contribution < -0.4 is 5.32 Å². The number of fused-ring (bicyclic) bond motifs is 9. The minimum Gasteiger partial charge on any atom is -0.363 e. The second-order valence-electron chi connectivity index (χ2n) is 16.1. The summed E-state index contributed by atoms with van der Waals surface area (Å²) >= 11 is 0. The van der Waals surface area contributed by atoms with E-state index >= 15 is 0 Å². The van der Waals surface area contributed by atoms with Crippen molar-refractivity contribution < 1.29 is 0 Å². The standard InChI is InChI=1S/C54H42N4/c1-3-15-36(16-4-1)53-44-23-9-11-24-47(44)55-54(56-53)39-17-13-20-41(32-39)58-48-25-12-10-22-43(48)45-33-37(27-29-49(45)58)38-28-30-50-46(34-38)52-42-21-8-7-14-35(42)26-31-51(52)57(50)40-18-5-2-6-19-40/h1-10,13-23,26-31,33-34,41,47H,11-12,24-25,32H2,(H,55,56). The van der Waals surface area contributed by atoms with Crippen LogP contribution in [0.25, 0.3) is 72.1 Å². The maximum absolute atomic E-state index is 5.36. The molecule has 0 radical (unpaired) electrons. The largest absolute Gasteiger partial charge is 0.363 e. The van der Waals surface area contributed by atoms with Crippen molar-refractivity contribution in [2.24, 2.45) is 4.99 Å². The van der Waals surface area contributed by atoms with E-state index < -0.39 is 0 Å². The predicted octanol–water partition coefficient (Wildman–Crippen LogP) is 13.1. The molecular formula is C54H42N4. The first-order valence-corrected chi connectivity index (χ1v) is 20.8. The van der Waals surface area contributed by atoms with Gasteiger partial charge < -0.3 is 14.5 Å². The van der Waals surface area contributed by atoms with E-state index in [1.807, 2.05) is 0 Å². The first-order chi connectivity index (χ1) is 28.8. The molecule has 4 nitrogen and oxygen atoms in total. The second kappa shape index (κ2) is 13.3. The van der Waals surface area contributed by atoms with E-state index in [0.717, 1.165) is 43.6 Å². The Bertz CT molecular complexity index is 3160. The molecule has 2 aromatic heterocycles. The van der Waals surface area contributed by atoms with Crippen LogP contribution in [0.15, 0.2) is 186 Å². The van der Waals surface area contributed by atoms with E-state index in [1.54, 1.807) is 0 Å². The van der Waals surface area contributed by atoms with Crippen molar-refractivity contribution in [3.8, 4) is 16.8 Å². The number of para-hydroxylation sites is 1. The Morgan fingerprint density at radius 3 is 2.28 bits per heavy atom. The van der Waals surface area contributed by atoms with Crippen molar-refractivity contribution in [3.05, 3.63) is 198 Å². The summed E-state index contributed by atoms with van der Waals surface area (Å²) in [6, 6.07) is 49.5. The van der Waals surface area contributed by atoms with Crippen LogP contribution in [0.1, 0.15) is 48.5 Å². The Morgan fingerprint density at radius 1 is 0.638 bits per heavy atom. The van der Waals surface area contributed by atoms with Gasteiger partial charge in [-0.3, -0.25) is 0 Å². The molecule has 8 aromatic rings. The average molecular weight is 747 g/mol. The zero-order chi connectivity index (χ0) is 38.2. The number of aliphatic imine (C=N–C) groups is 1. The maximum atomic E-state index is 5.36. The minimum absolute atomic E-state index is 0.193. The number of amidine groups is 1. The van der Waals surface area contributed by atoms with Crippen LogP contribution >= 0.6 is 0 Å². The minimum atomic E-state index is 0.193. The van der Waals surface area contributed by atoms with Gasteiger partial charge >= 0.3 is 0 Å². The molecule has 1 N–H and O–H groups in total. The zero-order valence-corrected chi connectivity index (χ0v) is 32.3. The van der Waals surface area contributed by atoms with Crippen LogP contribution in [0.4, 0.5) is 0 Å². The highest BCUT2D eigenvalue weighted by Crippen LogP contribution is 2.42. The molecule has 1 aliphatic heterocycles. The SMILES string of the molecule is C1=CC(n2c3c(c4cc(-c5ccc6c(c5)c5c7ccccc7ccc5n6-c5ccccc5)ccc42)C=CCC3)CC(C2=NC(c3ccccc3)=C3C=CCCC3N2)=C1. The van der Waals surface area contributed by atoms with Gasteiger partial charge in [0.15, 0.2) is 0 Å². The maximum Gasteiger partial charge on any atom is 0.130 e. The number of hydrogen-bond acceptors (Lipinski definition) is 2. The van der Waals surface area contributed by atoms with Crippen molar-refractivity contribution in [1.29, 1.82) is 0 Å². The first-order valence-electron chi connectivity index (χ1n) is 20.8. The number of benzene rings is 6. The lowest BCUT2D eigenvalue weighted by molar-refractivity contribution is 0.584. The van der Waals surface area contributed by atoms with Gasteiger partial charge in [0.2, 0.25) is 0 Å². The van der Waals surface area contributed by atoms with E-state index in [-0.39, 0.29) is 12.1 Å². The molecule has 4 heteroatoms. The molecule has 278 valence electrons. The summed E-state index contributed by atoms with van der Waals surface area (Å²) in [6.45, 7) is 0. The highest BCUT2D eigenvalue weighted by Gasteiger charge is 2.30. The Morgan fingerprint density at radius 2 is 1.40 bits per heavy atom. The molecule has 12 rings (SSSR count). The molecule has 0 bridgehead atoms. The topological polar surface area (TPSA) is 34.2 Å². The van der Waals surface area contributed by atoms with Crippen LogP contribution in [0.3, 0.4) is 0 Å². The fraction of sp³-hybridized carbons (Fsp3) is 0.130. The van der Waals surface area contributed by atoms with Gasteiger partial charge in [0.1, 0.15) is 5.84 Å². The van der Waals surface area contributed by atoms with Crippen molar-refractivity contribution >= 4 is 61.1 Å². The fourth-order valence-corrected chi connectivity index (χ4v) is 10.2. The fourth-order valence-electron chi connectivity index (χ4n) is 10.2. The van der Waals surface area contributed by atoms with Gasteiger partial charge in [-0.2, -0.15) is 0 Å². The number of hydrogen-bond donors (Lipinski definition) is 1. The summed E-state index contributed by atoms with van der Waals surface area (Å²) in [5.41, 5.74) is 15.0. The van der Waals surface area contributed by atoms with Crippen molar-refractivity contribution in [1.82, 2.24) is 14.5 Å². The van der Waals surface area contributed by atoms with Crippen molar-refractivity contribution in [2.45, 2.75) is 44.2 Å². The molecule has 0 amide bonds. The summed E-state index contributed by atoms with van der Waals surface area (Å²) in [7, 11) is 0. The predicted molar refractivity (Wildman–Crippen MR) is 244 cm³/mol. The summed E-state index contributed by atoms with van der Waals surface area (Å²) in [5, 5.41) is 10.3. The van der Waals surface area contributed by atoms with Gasteiger partial charge in [-0.15, -0.1) is 0 Å². The number of rotatable bonds is 5. The molecule has 3 aliphatic carbocycles. The molecule has 6 aromatic carbocycles. The van der Waals surface area contributed by atoms with E-state index in [1.165, 1.54) is 88.3 Å². The van der Waals surface area contributed by atoms with Crippen LogP contribution in [0.5, 0.6) is 0 Å². The van der Waals surface area contributed by atoms with E-state index in [4.69, 9.17) is 4.99 Å². The number of aromatic nitrogens is 2. The third-order valence-electron chi connectivity index (χ3n) is 12.8. The highest BCUT2D eigenvalue weighted by molar-refractivity contribution is 6.22. The first kappa shape index (κ1) is 33.3. The van der Waals surface area contributed by atoms with Gasteiger partial charge in [0.05, 0.1) is 28.8 Å². The Balaban J connectivity index is 0.955. The molecule has 58 heavy (non-hydrogen) atoms. The third-order valence-corrected chi connectivity index (χ3v) is 12.8. The Kier molecular flexibility index (Phi) is 7.65. The summed E-state index contributed by atoms with van der Waals surface area (Å²) in [5.74, 6) is 1.02. The lowest BCUT2D eigenvalue weighted by Gasteiger charge is -2.33. The third kappa shape index (κ3) is 5.25. The van der Waals surface area contributed by atoms with Crippen LogP contribution in [-0.2, 0) is 6.42 Å². The molecule has 0 saturated heterocycles. The van der Waals surface area contributed by atoms with Gasteiger partial charge in [-0.25, -0.2) is 4.99 Å². The second-order valence-corrected chi connectivity index (χ2v) is 16.1. The molecule has 0 spiro atoms. The molecule has 0 fully saturated rings. The lowest BCUT2D eigenvalue weighted by Crippen LogP contribution is -2.41. The van der Waals surface area contributed by atoms with Gasteiger partial charge in [0, 0.05) is 56.2 Å². The van der Waals surface area contributed by atoms with E-state index in [2.05, 4.69) is 190 Å². The number of nitrogens with one attached hydrogen (secondary N) is 1. The summed E-state index contributed by atoms with van der Waals surface area (Å²) in [6.07, 6.45) is 21.4. The van der Waals surface area contributed by atoms with Crippen LogP contribution in [-0.4, -0.2) is 21.0 Å². The van der Waals surface area contributed by atoms with E-state index in [9.17, 15) is 0 Å². The highest BCUT2D eigenvalue weighted by atomic mass is 15.1. The lowest BCUT2D eigenvalue weighted by atomic mass is 9.89. The van der Waals surface area contributed by atoms with Crippen LogP contribution in [0.2, 0.25) is 0 Å². The van der Waals surface area contributed by atoms with Gasteiger partial charge in [-0.1, -0.05) is 134 Å². The Labute approximate surface area is 338 Å². The zero-order valence-electron chi connectivity index (χ0n) is 32.3. The van der Waals surface area contributed by atoms with Gasteiger partial charge in [0.25, 0.3) is 0 Å². The van der Waals surface area contributed by atoms with Gasteiger partial charge in [-0.05, 0) is 95.6 Å². The monoisotopic (exact) mass is 746 g/mol. The number of allylic oxidation sites excluding steroid dienone is 5.